The van der Waals surface area contributed by atoms with E-state index in [4.69, 9.17) is 9.15 Å². The number of furan rings is 1. The van der Waals surface area contributed by atoms with E-state index in [2.05, 4.69) is 10.6 Å². The van der Waals surface area contributed by atoms with Gasteiger partial charge < -0.3 is 19.8 Å². The van der Waals surface area contributed by atoms with Crippen LogP contribution in [-0.4, -0.2) is 57.3 Å². The third-order valence-electron chi connectivity index (χ3n) is 4.19. The second kappa shape index (κ2) is 10.2. The maximum absolute atomic E-state index is 12.4. The van der Waals surface area contributed by atoms with Crippen molar-refractivity contribution in [2.75, 3.05) is 26.0 Å². The van der Waals surface area contributed by atoms with Crippen LogP contribution in [0.25, 0.3) is 0 Å². The zero-order chi connectivity index (χ0) is 23.2. The van der Waals surface area contributed by atoms with Gasteiger partial charge in [0, 0.05) is 19.8 Å². The average Bonchev–Trinajstić information content (AvgIpc) is 3.25. The van der Waals surface area contributed by atoms with Crippen molar-refractivity contribution in [2.24, 2.45) is 5.92 Å². The van der Waals surface area contributed by atoms with Gasteiger partial charge in [-0.3, -0.25) is 9.59 Å². The molecule has 0 saturated heterocycles. The Bertz CT molecular complexity index is 1030. The summed E-state index contributed by atoms with van der Waals surface area (Å²) in [6, 6.07) is 7.71. The Morgan fingerprint density at radius 2 is 1.84 bits per heavy atom. The number of carbonyl (C=O) groups is 3. The summed E-state index contributed by atoms with van der Waals surface area (Å²) < 4.78 is 35.5. The molecule has 0 aliphatic rings. The highest BCUT2D eigenvalue weighted by atomic mass is 32.2. The summed E-state index contributed by atoms with van der Waals surface area (Å²) in [7, 11) is -0.866. The number of anilines is 1. The van der Waals surface area contributed by atoms with E-state index in [1.54, 1.807) is 19.9 Å². The van der Waals surface area contributed by atoms with Crippen molar-refractivity contribution >= 4 is 33.5 Å². The number of nitrogens with zero attached hydrogens (tertiary/aromatic N) is 1. The molecule has 0 saturated carbocycles. The monoisotopic (exact) mass is 451 g/mol. The second-order valence-electron chi connectivity index (χ2n) is 7.14. The first kappa shape index (κ1) is 24.1. The molecule has 0 fully saturated rings. The Labute approximate surface area is 180 Å². The number of sulfonamides is 1. The van der Waals surface area contributed by atoms with Gasteiger partial charge in [-0.15, -0.1) is 0 Å². The number of rotatable bonds is 9. The SMILES string of the molecule is CC(C)[C@H](NC(=O)c1ccco1)C(=O)OCC(=O)Nc1cccc(S(=O)(=O)N(C)C)c1. The minimum atomic E-state index is -3.66. The highest BCUT2D eigenvalue weighted by Crippen LogP contribution is 2.18. The van der Waals surface area contributed by atoms with Gasteiger partial charge in [0.05, 0.1) is 11.2 Å². The fourth-order valence-corrected chi connectivity index (χ4v) is 3.43. The minimum Gasteiger partial charge on any atom is -0.459 e. The molecule has 1 atom stereocenters. The fourth-order valence-electron chi connectivity index (χ4n) is 2.49. The molecule has 0 aliphatic heterocycles. The average molecular weight is 452 g/mol. The summed E-state index contributed by atoms with van der Waals surface area (Å²) in [5, 5.41) is 4.99. The Morgan fingerprint density at radius 3 is 2.42 bits per heavy atom. The Morgan fingerprint density at radius 1 is 1.13 bits per heavy atom. The van der Waals surface area contributed by atoms with Crippen LogP contribution in [0.3, 0.4) is 0 Å². The third-order valence-corrected chi connectivity index (χ3v) is 6.01. The predicted octanol–water partition coefficient (Wildman–Crippen LogP) is 1.47. The molecule has 10 nitrogen and oxygen atoms in total. The third kappa shape index (κ3) is 6.40. The van der Waals surface area contributed by atoms with Crippen LogP contribution in [0.1, 0.15) is 24.4 Å². The summed E-state index contributed by atoms with van der Waals surface area (Å²) in [6.07, 6.45) is 1.33. The smallest absolute Gasteiger partial charge is 0.329 e. The molecule has 1 aromatic carbocycles. The fraction of sp³-hybridized carbons (Fsp3) is 0.350. The van der Waals surface area contributed by atoms with Crippen LogP contribution in [0.15, 0.2) is 52.0 Å². The molecule has 1 heterocycles. The zero-order valence-corrected chi connectivity index (χ0v) is 18.4. The van der Waals surface area contributed by atoms with Gasteiger partial charge in [0.1, 0.15) is 6.04 Å². The predicted molar refractivity (Wildman–Crippen MR) is 112 cm³/mol. The van der Waals surface area contributed by atoms with Crippen LogP contribution < -0.4 is 10.6 Å². The molecule has 11 heteroatoms. The number of esters is 1. The Kier molecular flexibility index (Phi) is 7.95. The van der Waals surface area contributed by atoms with Gasteiger partial charge in [0.2, 0.25) is 10.0 Å². The lowest BCUT2D eigenvalue weighted by atomic mass is 10.0. The van der Waals surface area contributed by atoms with Gasteiger partial charge in [-0.1, -0.05) is 19.9 Å². The van der Waals surface area contributed by atoms with Crippen LogP contribution in [-0.2, 0) is 24.3 Å². The molecular formula is C20H25N3O7S. The molecule has 2 N–H and O–H groups in total. The topological polar surface area (TPSA) is 135 Å². The molecule has 2 aromatic rings. The molecule has 0 unspecified atom stereocenters. The maximum atomic E-state index is 12.4. The van der Waals surface area contributed by atoms with E-state index in [1.807, 2.05) is 0 Å². The highest BCUT2D eigenvalue weighted by Gasteiger charge is 2.27. The summed E-state index contributed by atoms with van der Waals surface area (Å²) >= 11 is 0. The maximum Gasteiger partial charge on any atom is 0.329 e. The van der Waals surface area contributed by atoms with E-state index < -0.39 is 40.5 Å². The number of benzene rings is 1. The first-order valence-corrected chi connectivity index (χ1v) is 10.8. The molecule has 0 radical (unpaired) electrons. The van der Waals surface area contributed by atoms with E-state index in [-0.39, 0.29) is 22.3 Å². The molecule has 0 spiro atoms. The lowest BCUT2D eigenvalue weighted by Gasteiger charge is -2.20. The highest BCUT2D eigenvalue weighted by molar-refractivity contribution is 7.89. The summed E-state index contributed by atoms with van der Waals surface area (Å²) in [4.78, 5) is 36.7. The van der Waals surface area contributed by atoms with Crippen molar-refractivity contribution in [3.8, 4) is 0 Å². The zero-order valence-electron chi connectivity index (χ0n) is 17.6. The number of hydrogen-bond donors (Lipinski definition) is 2. The number of ether oxygens (including phenoxy) is 1. The molecule has 2 amide bonds. The van der Waals surface area contributed by atoms with E-state index in [0.29, 0.717) is 0 Å². The number of hydrogen-bond acceptors (Lipinski definition) is 7. The number of amides is 2. The van der Waals surface area contributed by atoms with Crippen molar-refractivity contribution in [1.29, 1.82) is 0 Å². The van der Waals surface area contributed by atoms with Crippen molar-refractivity contribution in [3.05, 3.63) is 48.4 Å². The Balaban J connectivity index is 1.96. The van der Waals surface area contributed by atoms with Gasteiger partial charge in [-0.2, -0.15) is 0 Å². The standard InChI is InChI=1S/C20H25N3O7S/c1-13(2)18(22-19(25)16-9-6-10-29-16)20(26)30-12-17(24)21-14-7-5-8-15(11-14)31(27,28)23(3)4/h5-11,13,18H,12H2,1-4H3,(H,21,24)(H,22,25)/t18-/m0/s1. The normalized spacial score (nSPS) is 12.5. The van der Waals surface area contributed by atoms with Crippen LogP contribution in [0, 0.1) is 5.92 Å². The van der Waals surface area contributed by atoms with E-state index in [9.17, 15) is 22.8 Å². The summed E-state index contributed by atoms with van der Waals surface area (Å²) in [5.74, 6) is -2.28. The minimum absolute atomic E-state index is 0.00723. The van der Waals surface area contributed by atoms with Gasteiger partial charge >= 0.3 is 5.97 Å². The first-order valence-electron chi connectivity index (χ1n) is 9.36. The molecule has 2 rings (SSSR count). The number of nitrogens with one attached hydrogen (secondary N) is 2. The van der Waals surface area contributed by atoms with E-state index >= 15 is 0 Å². The van der Waals surface area contributed by atoms with Crippen LogP contribution >= 0.6 is 0 Å². The molecule has 0 bridgehead atoms. The van der Waals surface area contributed by atoms with Gasteiger partial charge in [-0.05, 0) is 36.2 Å². The lowest BCUT2D eigenvalue weighted by molar-refractivity contribution is -0.150. The molecular weight excluding hydrogens is 426 g/mol. The van der Waals surface area contributed by atoms with Gasteiger partial charge in [0.15, 0.2) is 12.4 Å². The first-order chi connectivity index (χ1) is 14.5. The Hall–Kier alpha value is -3.18. The van der Waals surface area contributed by atoms with Gasteiger partial charge in [-0.25, -0.2) is 17.5 Å². The second-order valence-corrected chi connectivity index (χ2v) is 9.30. The molecule has 31 heavy (non-hydrogen) atoms. The van der Waals surface area contributed by atoms with Crippen LogP contribution in [0.4, 0.5) is 5.69 Å². The summed E-state index contributed by atoms with van der Waals surface area (Å²) in [5.41, 5.74) is 0.232. The van der Waals surface area contributed by atoms with Crippen molar-refractivity contribution in [1.82, 2.24) is 9.62 Å². The molecule has 0 aliphatic carbocycles. The van der Waals surface area contributed by atoms with Crippen molar-refractivity contribution in [3.63, 3.8) is 0 Å². The van der Waals surface area contributed by atoms with Gasteiger partial charge in [0.25, 0.3) is 11.8 Å². The van der Waals surface area contributed by atoms with Crippen LogP contribution in [0.2, 0.25) is 0 Å². The lowest BCUT2D eigenvalue weighted by Crippen LogP contribution is -2.45. The molecule has 168 valence electrons. The van der Waals surface area contributed by atoms with Crippen LogP contribution in [0.5, 0.6) is 0 Å². The quantitative estimate of drug-likeness (QED) is 0.551. The largest absolute Gasteiger partial charge is 0.459 e. The van der Waals surface area contributed by atoms with E-state index in [0.717, 1.165) is 4.31 Å². The van der Waals surface area contributed by atoms with Crippen molar-refractivity contribution in [2.45, 2.75) is 24.8 Å². The van der Waals surface area contributed by atoms with E-state index in [1.165, 1.54) is 50.7 Å². The molecule has 1 aromatic heterocycles. The summed E-state index contributed by atoms with van der Waals surface area (Å²) in [6.45, 7) is 2.82. The van der Waals surface area contributed by atoms with Crippen molar-refractivity contribution < 1.29 is 32.0 Å². The number of carbonyl (C=O) groups excluding carboxylic acids is 3.